The van der Waals surface area contributed by atoms with Crippen molar-refractivity contribution in [1.29, 1.82) is 0 Å². The molecule has 2 aromatic rings. The minimum absolute atomic E-state index is 0.471. The van der Waals surface area contributed by atoms with Crippen LogP contribution in [-0.2, 0) is 5.72 Å². The average molecular weight is 355 g/mol. The van der Waals surface area contributed by atoms with E-state index in [1.165, 1.54) is 0 Å². The van der Waals surface area contributed by atoms with Crippen LogP contribution in [0, 0.1) is 0 Å². The van der Waals surface area contributed by atoms with Gasteiger partial charge in [-0.15, -0.1) is 0 Å². The molecule has 2 heterocycles. The number of thioether (sulfide) groups is 1. The number of anilines is 1. The van der Waals surface area contributed by atoms with Gasteiger partial charge in [-0.1, -0.05) is 25.1 Å². The van der Waals surface area contributed by atoms with Crippen molar-refractivity contribution in [3.05, 3.63) is 60.2 Å². The third-order valence-electron chi connectivity index (χ3n) is 5.08. The summed E-state index contributed by atoms with van der Waals surface area (Å²) < 4.78 is 7.63. The minimum Gasteiger partial charge on any atom is -0.497 e. The quantitative estimate of drug-likeness (QED) is 0.854. The largest absolute Gasteiger partial charge is 0.497 e. The lowest BCUT2D eigenvalue weighted by Gasteiger charge is -2.29. The summed E-state index contributed by atoms with van der Waals surface area (Å²) in [4.78, 5) is 2.09. The smallest absolute Gasteiger partial charge is 0.317 e. The lowest BCUT2D eigenvalue weighted by molar-refractivity contribution is -0.561. The summed E-state index contributed by atoms with van der Waals surface area (Å²) in [6.45, 7) is 2.79. The third kappa shape index (κ3) is 2.62. The van der Waals surface area contributed by atoms with E-state index in [1.54, 1.807) is 7.11 Å². The Kier molecular flexibility index (Phi) is 4.21. The van der Waals surface area contributed by atoms with Crippen molar-refractivity contribution in [2.24, 2.45) is 0 Å². The number of amidine groups is 1. The van der Waals surface area contributed by atoms with Gasteiger partial charge in [0.15, 0.2) is 6.54 Å². The Bertz CT molecular complexity index is 791. The second kappa shape index (κ2) is 6.39. The molecule has 1 N–H and O–H groups in total. The highest BCUT2D eigenvalue weighted by molar-refractivity contribution is 8.14. The molecule has 0 saturated heterocycles. The molecule has 0 aromatic heterocycles. The highest BCUT2D eigenvalue weighted by atomic mass is 32.2. The summed E-state index contributed by atoms with van der Waals surface area (Å²) in [5, 5.41) is 12.9. The Morgan fingerprint density at radius 2 is 1.92 bits per heavy atom. The first-order valence-electron chi connectivity index (χ1n) is 8.66. The van der Waals surface area contributed by atoms with Crippen molar-refractivity contribution in [3.63, 3.8) is 0 Å². The SMILES string of the molecule is CC[C@H]1CSC2=[N+]1C[C@@](O)(c1ccc(OC)cc1)N2c1ccccc1. The Morgan fingerprint density at radius 3 is 2.56 bits per heavy atom. The molecule has 0 amide bonds. The molecule has 5 heteroatoms. The number of hydrogen-bond acceptors (Lipinski definition) is 4. The molecule has 2 aromatic carbocycles. The number of aliphatic hydroxyl groups is 1. The minimum atomic E-state index is -1.08. The van der Waals surface area contributed by atoms with Crippen LogP contribution in [0.4, 0.5) is 5.69 Å². The molecule has 2 atom stereocenters. The Balaban J connectivity index is 1.81. The molecule has 0 saturated carbocycles. The Labute approximate surface area is 152 Å². The number of nitrogens with zero attached hydrogens (tertiary/aromatic N) is 2. The molecule has 4 rings (SSSR count). The fraction of sp³-hybridized carbons (Fsp3) is 0.350. The molecule has 0 fully saturated rings. The predicted molar refractivity (Wildman–Crippen MR) is 102 cm³/mol. The molecule has 0 radical (unpaired) electrons. The monoisotopic (exact) mass is 355 g/mol. The molecule has 4 nitrogen and oxygen atoms in total. The van der Waals surface area contributed by atoms with E-state index in [1.807, 2.05) is 54.2 Å². The van der Waals surface area contributed by atoms with Gasteiger partial charge >= 0.3 is 5.17 Å². The Hall–Kier alpha value is -1.98. The first-order valence-corrected chi connectivity index (χ1v) is 9.64. The predicted octanol–water partition coefficient (Wildman–Crippen LogP) is 3.25. The molecule has 25 heavy (non-hydrogen) atoms. The third-order valence-corrected chi connectivity index (χ3v) is 6.31. The molecule has 0 bridgehead atoms. The number of hydrogen-bond donors (Lipinski definition) is 1. The molecule has 2 aliphatic rings. The summed E-state index contributed by atoms with van der Waals surface area (Å²) in [6, 6.07) is 18.4. The highest BCUT2D eigenvalue weighted by Gasteiger charge is 2.57. The van der Waals surface area contributed by atoms with Gasteiger partial charge in [0, 0.05) is 11.3 Å². The van der Waals surface area contributed by atoms with Gasteiger partial charge in [-0.25, -0.2) is 4.58 Å². The molecule has 0 unspecified atom stereocenters. The zero-order chi connectivity index (χ0) is 17.4. The topological polar surface area (TPSA) is 35.7 Å². The molecule has 0 aliphatic carbocycles. The summed E-state index contributed by atoms with van der Waals surface area (Å²) in [6.07, 6.45) is 1.08. The van der Waals surface area contributed by atoms with Crippen molar-refractivity contribution in [1.82, 2.24) is 0 Å². The van der Waals surface area contributed by atoms with Gasteiger partial charge in [0.2, 0.25) is 0 Å². The molecule has 0 spiro atoms. The first-order chi connectivity index (χ1) is 12.2. The van der Waals surface area contributed by atoms with Crippen molar-refractivity contribution < 1.29 is 14.4 Å². The summed E-state index contributed by atoms with van der Waals surface area (Å²) >= 11 is 1.84. The number of para-hydroxylation sites is 1. The van der Waals surface area contributed by atoms with E-state index in [4.69, 9.17) is 4.74 Å². The fourth-order valence-electron chi connectivity index (χ4n) is 3.67. The van der Waals surface area contributed by atoms with Crippen molar-refractivity contribution in [2.45, 2.75) is 25.1 Å². The lowest BCUT2D eigenvalue weighted by atomic mass is 10.0. The van der Waals surface area contributed by atoms with Crippen LogP contribution < -0.4 is 9.64 Å². The van der Waals surface area contributed by atoms with Crippen LogP contribution in [0.25, 0.3) is 0 Å². The summed E-state index contributed by atoms with van der Waals surface area (Å²) in [5.41, 5.74) is 0.821. The van der Waals surface area contributed by atoms with E-state index in [2.05, 4.69) is 28.5 Å². The van der Waals surface area contributed by atoms with Gasteiger partial charge in [0.05, 0.1) is 7.11 Å². The standard InChI is InChI=1S/C20H23N2O2S/c1-3-16-13-25-19-21(16)14-20(23,15-9-11-18(24-2)12-10-15)22(19)17-7-5-4-6-8-17/h4-12,16,23H,3,13-14H2,1-2H3/q+1/t16-,20+/m0/s1. The number of ether oxygens (including phenoxy) is 1. The van der Waals surface area contributed by atoms with E-state index in [-0.39, 0.29) is 0 Å². The van der Waals surface area contributed by atoms with E-state index in [0.29, 0.717) is 12.6 Å². The lowest BCUT2D eigenvalue weighted by Crippen LogP contribution is -2.47. The first kappa shape index (κ1) is 16.5. The zero-order valence-corrected chi connectivity index (χ0v) is 15.4. The molecule has 2 aliphatic heterocycles. The second-order valence-electron chi connectivity index (χ2n) is 6.50. The van der Waals surface area contributed by atoms with Crippen LogP contribution in [0.15, 0.2) is 54.6 Å². The van der Waals surface area contributed by atoms with Crippen LogP contribution in [0.1, 0.15) is 18.9 Å². The van der Waals surface area contributed by atoms with Crippen molar-refractivity contribution >= 4 is 22.6 Å². The van der Waals surface area contributed by atoms with E-state index < -0.39 is 5.72 Å². The summed E-state index contributed by atoms with van der Waals surface area (Å²) in [5.74, 6) is 1.87. The van der Waals surface area contributed by atoms with Crippen LogP contribution in [-0.4, -0.2) is 40.3 Å². The maximum Gasteiger partial charge on any atom is 0.317 e. The number of benzene rings is 2. The van der Waals surface area contributed by atoms with Gasteiger partial charge < -0.3 is 9.84 Å². The van der Waals surface area contributed by atoms with Crippen LogP contribution in [0.3, 0.4) is 0 Å². The fourth-order valence-corrected chi connectivity index (χ4v) is 5.20. The highest BCUT2D eigenvalue weighted by Crippen LogP contribution is 2.42. The van der Waals surface area contributed by atoms with E-state index in [9.17, 15) is 5.11 Å². The number of methoxy groups -OCH3 is 1. The molecule has 130 valence electrons. The Morgan fingerprint density at radius 1 is 1.20 bits per heavy atom. The van der Waals surface area contributed by atoms with Gasteiger partial charge in [0.1, 0.15) is 17.5 Å². The maximum atomic E-state index is 11.8. The van der Waals surface area contributed by atoms with Gasteiger partial charge in [-0.2, -0.15) is 4.90 Å². The van der Waals surface area contributed by atoms with Crippen LogP contribution in [0.2, 0.25) is 0 Å². The molecular formula is C20H23N2O2S+. The van der Waals surface area contributed by atoms with Crippen LogP contribution in [0.5, 0.6) is 5.75 Å². The average Bonchev–Trinajstić information content (AvgIpc) is 3.18. The maximum absolute atomic E-state index is 11.8. The van der Waals surface area contributed by atoms with Gasteiger partial charge in [-0.05, 0) is 54.6 Å². The van der Waals surface area contributed by atoms with Crippen molar-refractivity contribution in [2.75, 3.05) is 24.3 Å². The number of rotatable bonds is 4. The summed E-state index contributed by atoms with van der Waals surface area (Å²) in [7, 11) is 1.66. The van der Waals surface area contributed by atoms with Crippen molar-refractivity contribution in [3.8, 4) is 5.75 Å². The van der Waals surface area contributed by atoms with Gasteiger partial charge in [-0.3, -0.25) is 0 Å². The normalized spacial score (nSPS) is 25.4. The van der Waals surface area contributed by atoms with Gasteiger partial charge in [0.25, 0.3) is 5.72 Å². The van der Waals surface area contributed by atoms with E-state index in [0.717, 1.165) is 34.3 Å². The zero-order valence-electron chi connectivity index (χ0n) is 14.6. The second-order valence-corrected chi connectivity index (χ2v) is 7.49. The van der Waals surface area contributed by atoms with Crippen LogP contribution >= 0.6 is 11.8 Å². The molecular weight excluding hydrogens is 332 g/mol. The van der Waals surface area contributed by atoms with E-state index >= 15 is 0 Å².